The molecule has 1 N–H and O–H groups in total. The number of hydrogen-bond donors (Lipinski definition) is 1. The Labute approximate surface area is 152 Å². The number of carbonyl (C=O) groups excluding carboxylic acids is 2. The van der Waals surface area contributed by atoms with E-state index in [-0.39, 0.29) is 11.3 Å². The third kappa shape index (κ3) is 3.62. The van der Waals surface area contributed by atoms with Crippen molar-refractivity contribution in [3.05, 3.63) is 65.5 Å². The van der Waals surface area contributed by atoms with Crippen molar-refractivity contribution in [1.29, 1.82) is 0 Å². The molecule has 1 heterocycles. The third-order valence-corrected chi connectivity index (χ3v) is 4.04. The predicted molar refractivity (Wildman–Crippen MR) is 89.8 cm³/mol. The fourth-order valence-electron chi connectivity index (χ4n) is 2.59. The second-order valence-electron chi connectivity index (χ2n) is 5.84. The average molecular weight is 377 g/mol. The zero-order valence-electron chi connectivity index (χ0n) is 14.0. The van der Waals surface area contributed by atoms with E-state index in [1.165, 1.54) is 49.4 Å². The van der Waals surface area contributed by atoms with Gasteiger partial charge in [0.05, 0.1) is 6.21 Å². The van der Waals surface area contributed by atoms with Gasteiger partial charge in [0.1, 0.15) is 17.1 Å². The van der Waals surface area contributed by atoms with Gasteiger partial charge in [-0.1, -0.05) is 30.3 Å². The van der Waals surface area contributed by atoms with Gasteiger partial charge < -0.3 is 10.1 Å². The highest BCUT2D eigenvalue weighted by atomic mass is 19.3. The zero-order valence-corrected chi connectivity index (χ0v) is 14.0. The number of rotatable bonds is 5. The summed E-state index contributed by atoms with van der Waals surface area (Å²) in [6.07, 6.45) is 1.07. The lowest BCUT2D eigenvalue weighted by molar-refractivity contribution is -0.131. The Hall–Kier alpha value is -3.36. The second-order valence-corrected chi connectivity index (χ2v) is 5.84. The van der Waals surface area contributed by atoms with Gasteiger partial charge >= 0.3 is 12.6 Å². The van der Waals surface area contributed by atoms with Gasteiger partial charge in [-0.05, 0) is 30.7 Å². The van der Waals surface area contributed by atoms with Crippen molar-refractivity contribution in [3.63, 3.8) is 0 Å². The molecule has 1 fully saturated rings. The number of halogens is 3. The maximum absolute atomic E-state index is 13.6. The SMILES string of the molecule is C[C@@]1(c2ccc(OC(F)F)cc2)NC(=O)N(N=Cc2ccccc2F)C1=O. The lowest BCUT2D eigenvalue weighted by atomic mass is 9.92. The van der Waals surface area contributed by atoms with Gasteiger partial charge in [0.15, 0.2) is 0 Å². The van der Waals surface area contributed by atoms with Crippen molar-refractivity contribution in [1.82, 2.24) is 10.3 Å². The van der Waals surface area contributed by atoms with E-state index in [2.05, 4.69) is 15.2 Å². The van der Waals surface area contributed by atoms with Crippen LogP contribution in [0.4, 0.5) is 18.0 Å². The minimum absolute atomic E-state index is 0.0800. The molecule has 140 valence electrons. The summed E-state index contributed by atoms with van der Waals surface area (Å²) >= 11 is 0. The van der Waals surface area contributed by atoms with Gasteiger partial charge in [-0.15, -0.1) is 5.01 Å². The molecule has 1 atom stereocenters. The number of alkyl halides is 2. The first-order chi connectivity index (χ1) is 12.8. The minimum Gasteiger partial charge on any atom is -0.435 e. The van der Waals surface area contributed by atoms with E-state index in [0.717, 1.165) is 6.21 Å². The molecule has 1 aliphatic heterocycles. The highest BCUT2D eigenvalue weighted by molar-refractivity contribution is 6.07. The van der Waals surface area contributed by atoms with E-state index >= 15 is 0 Å². The minimum atomic E-state index is -2.97. The summed E-state index contributed by atoms with van der Waals surface area (Å²) in [6.45, 7) is -1.52. The molecular formula is C18H14F3N3O3. The fourth-order valence-corrected chi connectivity index (χ4v) is 2.59. The fraction of sp³-hybridized carbons (Fsp3) is 0.167. The maximum Gasteiger partial charge on any atom is 0.387 e. The van der Waals surface area contributed by atoms with E-state index in [1.54, 1.807) is 6.07 Å². The van der Waals surface area contributed by atoms with Gasteiger partial charge in [0.2, 0.25) is 0 Å². The number of benzene rings is 2. The quantitative estimate of drug-likeness (QED) is 0.642. The summed E-state index contributed by atoms with van der Waals surface area (Å²) in [7, 11) is 0. The van der Waals surface area contributed by atoms with Gasteiger partial charge in [-0.25, -0.2) is 9.18 Å². The van der Waals surface area contributed by atoms with Crippen LogP contribution in [0.1, 0.15) is 18.1 Å². The van der Waals surface area contributed by atoms with Gasteiger partial charge in [-0.2, -0.15) is 13.9 Å². The first-order valence-corrected chi connectivity index (χ1v) is 7.82. The molecule has 0 saturated carbocycles. The standard InChI is InChI=1S/C18H14F3N3O3/c1-18(12-6-8-13(9-7-12)27-16(20)21)15(25)24(17(26)23-18)22-10-11-4-2-3-5-14(11)19/h2-10,16H,1H3,(H,23,26)/t18-/m0/s1. The largest absolute Gasteiger partial charge is 0.435 e. The maximum atomic E-state index is 13.6. The molecule has 0 aliphatic carbocycles. The van der Waals surface area contributed by atoms with Gasteiger partial charge in [-0.3, -0.25) is 4.79 Å². The lowest BCUT2D eigenvalue weighted by Crippen LogP contribution is -2.40. The van der Waals surface area contributed by atoms with Gasteiger partial charge in [0.25, 0.3) is 5.91 Å². The first-order valence-electron chi connectivity index (χ1n) is 7.82. The summed E-state index contributed by atoms with van der Waals surface area (Å²) in [5.74, 6) is -1.32. The molecule has 2 aromatic rings. The lowest BCUT2D eigenvalue weighted by Gasteiger charge is -2.21. The molecule has 6 nitrogen and oxygen atoms in total. The number of imide groups is 1. The normalized spacial score (nSPS) is 19.8. The van der Waals surface area contributed by atoms with Crippen LogP contribution in [-0.4, -0.2) is 29.8 Å². The van der Waals surface area contributed by atoms with Crippen LogP contribution in [0.5, 0.6) is 5.75 Å². The summed E-state index contributed by atoms with van der Waals surface area (Å²) in [6, 6.07) is 10.3. The predicted octanol–water partition coefficient (Wildman–Crippen LogP) is 3.23. The summed E-state index contributed by atoms with van der Waals surface area (Å²) < 4.78 is 42.4. The molecule has 27 heavy (non-hydrogen) atoms. The number of amides is 3. The van der Waals surface area contributed by atoms with E-state index < -0.39 is 29.9 Å². The number of urea groups is 1. The summed E-state index contributed by atoms with van der Waals surface area (Å²) in [5, 5.41) is 6.87. The number of nitrogens with zero attached hydrogens (tertiary/aromatic N) is 2. The molecule has 3 amide bonds. The molecule has 0 unspecified atom stereocenters. The summed E-state index contributed by atoms with van der Waals surface area (Å²) in [5.41, 5.74) is -0.987. The van der Waals surface area contributed by atoms with E-state index in [0.29, 0.717) is 10.6 Å². The van der Waals surface area contributed by atoms with Crippen molar-refractivity contribution in [2.75, 3.05) is 0 Å². The van der Waals surface area contributed by atoms with Crippen LogP contribution in [0, 0.1) is 5.82 Å². The average Bonchev–Trinajstić information content (AvgIpc) is 2.84. The Bertz CT molecular complexity index is 902. The second kappa shape index (κ2) is 7.10. The Balaban J connectivity index is 1.83. The zero-order chi connectivity index (χ0) is 19.6. The molecule has 9 heteroatoms. The number of hydrogen-bond acceptors (Lipinski definition) is 4. The molecule has 0 aromatic heterocycles. The Morgan fingerprint density at radius 1 is 1.15 bits per heavy atom. The highest BCUT2D eigenvalue weighted by Gasteiger charge is 2.49. The summed E-state index contributed by atoms with van der Waals surface area (Å²) in [4.78, 5) is 24.8. The first kappa shape index (κ1) is 18.4. The molecule has 1 saturated heterocycles. The van der Waals surface area contributed by atoms with Crippen molar-refractivity contribution in [2.24, 2.45) is 5.10 Å². The molecule has 0 radical (unpaired) electrons. The van der Waals surface area contributed by atoms with Crippen molar-refractivity contribution in [2.45, 2.75) is 19.1 Å². The van der Waals surface area contributed by atoms with Crippen molar-refractivity contribution < 1.29 is 27.5 Å². The molecular weight excluding hydrogens is 363 g/mol. The van der Waals surface area contributed by atoms with Crippen LogP contribution in [0.25, 0.3) is 0 Å². The number of carbonyl (C=O) groups is 2. The Morgan fingerprint density at radius 3 is 2.44 bits per heavy atom. The van der Waals surface area contributed by atoms with Crippen molar-refractivity contribution >= 4 is 18.2 Å². The van der Waals surface area contributed by atoms with Crippen LogP contribution in [0.2, 0.25) is 0 Å². The molecule has 2 aromatic carbocycles. The Morgan fingerprint density at radius 2 is 1.81 bits per heavy atom. The topological polar surface area (TPSA) is 71.0 Å². The van der Waals surface area contributed by atoms with E-state index in [1.807, 2.05) is 0 Å². The monoisotopic (exact) mass is 377 g/mol. The van der Waals surface area contributed by atoms with Gasteiger partial charge in [0, 0.05) is 5.56 Å². The molecule has 0 spiro atoms. The van der Waals surface area contributed by atoms with E-state index in [9.17, 15) is 22.8 Å². The highest BCUT2D eigenvalue weighted by Crippen LogP contribution is 2.30. The van der Waals surface area contributed by atoms with Crippen LogP contribution in [-0.2, 0) is 10.3 Å². The van der Waals surface area contributed by atoms with Crippen LogP contribution < -0.4 is 10.1 Å². The number of nitrogens with one attached hydrogen (secondary N) is 1. The Kier molecular flexibility index (Phi) is 4.85. The number of ether oxygens (including phenoxy) is 1. The van der Waals surface area contributed by atoms with Crippen LogP contribution >= 0.6 is 0 Å². The van der Waals surface area contributed by atoms with Crippen molar-refractivity contribution in [3.8, 4) is 5.75 Å². The van der Waals surface area contributed by atoms with E-state index in [4.69, 9.17) is 0 Å². The molecule has 3 rings (SSSR count). The smallest absolute Gasteiger partial charge is 0.387 e. The molecule has 1 aliphatic rings. The third-order valence-electron chi connectivity index (χ3n) is 4.04. The molecule has 0 bridgehead atoms. The van der Waals surface area contributed by atoms with Crippen LogP contribution in [0.3, 0.4) is 0 Å². The number of hydrazone groups is 1. The van der Waals surface area contributed by atoms with Crippen LogP contribution in [0.15, 0.2) is 53.6 Å².